The van der Waals surface area contributed by atoms with Crippen molar-refractivity contribution in [2.24, 2.45) is 10.2 Å². The number of primary sulfonamides is 1. The van der Waals surface area contributed by atoms with Gasteiger partial charge in [0, 0.05) is 11.4 Å². The van der Waals surface area contributed by atoms with E-state index >= 15 is 0 Å². The number of hydrogen-bond acceptors (Lipinski definition) is 4. The van der Waals surface area contributed by atoms with E-state index in [1.165, 1.54) is 12.1 Å². The first kappa shape index (κ1) is 18.7. The summed E-state index contributed by atoms with van der Waals surface area (Å²) in [6, 6.07) is 24.2. The molecule has 1 atom stereocenters. The van der Waals surface area contributed by atoms with Crippen molar-refractivity contribution in [2.45, 2.75) is 17.4 Å². The van der Waals surface area contributed by atoms with Crippen molar-refractivity contribution in [1.29, 1.82) is 0 Å². The van der Waals surface area contributed by atoms with Gasteiger partial charge in [-0.3, -0.25) is 5.01 Å². The Kier molecular flexibility index (Phi) is 4.93. The molecular formula is C21H18ClN3O2S. The number of benzene rings is 3. The first-order valence-electron chi connectivity index (χ1n) is 8.72. The maximum atomic E-state index is 11.5. The lowest BCUT2D eigenvalue weighted by atomic mass is 9.98. The van der Waals surface area contributed by atoms with Crippen LogP contribution in [-0.4, -0.2) is 14.1 Å². The average Bonchev–Trinajstić information content (AvgIpc) is 3.14. The quantitative estimate of drug-likeness (QED) is 0.693. The molecule has 0 saturated carbocycles. The van der Waals surface area contributed by atoms with Gasteiger partial charge in [0.25, 0.3) is 0 Å². The molecule has 1 heterocycles. The zero-order chi connectivity index (χ0) is 19.7. The molecule has 3 aromatic rings. The molecule has 3 aromatic carbocycles. The summed E-state index contributed by atoms with van der Waals surface area (Å²) in [5, 5.41) is 12.6. The van der Waals surface area contributed by atoms with E-state index in [0.717, 1.165) is 28.9 Å². The number of halogens is 1. The van der Waals surface area contributed by atoms with Crippen molar-refractivity contribution in [3.05, 3.63) is 95.0 Å². The van der Waals surface area contributed by atoms with Crippen molar-refractivity contribution < 1.29 is 8.42 Å². The topological polar surface area (TPSA) is 75.8 Å². The molecule has 0 spiro atoms. The van der Waals surface area contributed by atoms with E-state index < -0.39 is 10.0 Å². The summed E-state index contributed by atoms with van der Waals surface area (Å²) in [6.45, 7) is 0. The molecule has 0 fully saturated rings. The third-order valence-corrected chi connectivity index (χ3v) is 5.88. The van der Waals surface area contributed by atoms with Crippen LogP contribution in [0.25, 0.3) is 0 Å². The van der Waals surface area contributed by atoms with E-state index in [2.05, 4.69) is 12.1 Å². The van der Waals surface area contributed by atoms with Crippen molar-refractivity contribution >= 4 is 33.0 Å². The van der Waals surface area contributed by atoms with Gasteiger partial charge in [0.1, 0.15) is 0 Å². The van der Waals surface area contributed by atoms with Crippen LogP contribution in [-0.2, 0) is 10.0 Å². The van der Waals surface area contributed by atoms with Crippen LogP contribution >= 0.6 is 11.6 Å². The van der Waals surface area contributed by atoms with Crippen LogP contribution in [0.4, 0.5) is 5.69 Å². The molecular weight excluding hydrogens is 394 g/mol. The highest BCUT2D eigenvalue weighted by atomic mass is 35.5. The molecule has 7 heteroatoms. The van der Waals surface area contributed by atoms with Crippen molar-refractivity contribution in [3.8, 4) is 0 Å². The van der Waals surface area contributed by atoms with Gasteiger partial charge in [0.05, 0.1) is 22.3 Å². The van der Waals surface area contributed by atoms with Crippen LogP contribution in [0.1, 0.15) is 23.6 Å². The number of anilines is 1. The first-order valence-corrected chi connectivity index (χ1v) is 10.6. The zero-order valence-corrected chi connectivity index (χ0v) is 16.4. The predicted molar refractivity (Wildman–Crippen MR) is 112 cm³/mol. The third kappa shape index (κ3) is 3.80. The van der Waals surface area contributed by atoms with Gasteiger partial charge >= 0.3 is 0 Å². The van der Waals surface area contributed by atoms with Crippen molar-refractivity contribution in [3.63, 3.8) is 0 Å². The Morgan fingerprint density at radius 2 is 1.57 bits per heavy atom. The molecule has 0 saturated heterocycles. The maximum Gasteiger partial charge on any atom is 0.238 e. The van der Waals surface area contributed by atoms with Crippen molar-refractivity contribution in [1.82, 2.24) is 0 Å². The lowest BCUT2D eigenvalue weighted by molar-refractivity contribution is 0.597. The van der Waals surface area contributed by atoms with E-state index in [1.54, 1.807) is 12.1 Å². The van der Waals surface area contributed by atoms with Crippen LogP contribution in [0.2, 0.25) is 5.02 Å². The van der Waals surface area contributed by atoms with Gasteiger partial charge in [0.15, 0.2) is 0 Å². The Labute approximate surface area is 169 Å². The Morgan fingerprint density at radius 3 is 2.18 bits per heavy atom. The van der Waals surface area contributed by atoms with Gasteiger partial charge in [-0.25, -0.2) is 13.6 Å². The SMILES string of the molecule is NS(=O)(=O)c1ccc(N2N=C(c3ccc(Cl)cc3)C[C@@H]2c2ccccc2)cc1. The minimum absolute atomic E-state index is 0.00668. The second-order valence-electron chi connectivity index (χ2n) is 6.57. The molecule has 0 radical (unpaired) electrons. The zero-order valence-electron chi connectivity index (χ0n) is 14.9. The van der Waals surface area contributed by atoms with Gasteiger partial charge in [0.2, 0.25) is 10.0 Å². The molecule has 1 aliphatic heterocycles. The fourth-order valence-electron chi connectivity index (χ4n) is 3.29. The smallest absolute Gasteiger partial charge is 0.238 e. The van der Waals surface area contributed by atoms with E-state index in [1.807, 2.05) is 47.5 Å². The van der Waals surface area contributed by atoms with Crippen LogP contribution in [0.5, 0.6) is 0 Å². The highest BCUT2D eigenvalue weighted by Gasteiger charge is 2.30. The normalized spacial score (nSPS) is 16.9. The molecule has 0 aromatic heterocycles. The van der Waals surface area contributed by atoms with Crippen LogP contribution in [0.15, 0.2) is 88.9 Å². The second-order valence-corrected chi connectivity index (χ2v) is 8.57. The van der Waals surface area contributed by atoms with E-state index in [4.69, 9.17) is 21.8 Å². The molecule has 0 unspecified atom stereocenters. The van der Waals surface area contributed by atoms with Crippen molar-refractivity contribution in [2.75, 3.05) is 5.01 Å². The minimum atomic E-state index is -3.73. The summed E-state index contributed by atoms with van der Waals surface area (Å²) in [5.41, 5.74) is 3.88. The average molecular weight is 412 g/mol. The first-order chi connectivity index (χ1) is 13.4. The molecule has 142 valence electrons. The fourth-order valence-corrected chi connectivity index (χ4v) is 3.93. The lowest BCUT2D eigenvalue weighted by Gasteiger charge is -2.24. The molecule has 28 heavy (non-hydrogen) atoms. The van der Waals surface area contributed by atoms with Crippen LogP contribution < -0.4 is 10.1 Å². The monoisotopic (exact) mass is 411 g/mol. The third-order valence-electron chi connectivity index (χ3n) is 4.70. The molecule has 0 bridgehead atoms. The predicted octanol–water partition coefficient (Wildman–Crippen LogP) is 4.34. The van der Waals surface area contributed by atoms with E-state index in [9.17, 15) is 8.42 Å². The number of nitrogens with two attached hydrogens (primary N) is 1. The molecule has 4 rings (SSSR count). The van der Waals surface area contributed by atoms with Crippen LogP contribution in [0, 0.1) is 0 Å². The standard InChI is InChI=1S/C21H18ClN3O2S/c22-17-8-6-15(7-9-17)20-14-21(16-4-2-1-3-5-16)25(24-20)18-10-12-19(13-11-18)28(23,26)27/h1-13,21H,14H2,(H2,23,26,27)/t21-/m1/s1. The summed E-state index contributed by atoms with van der Waals surface area (Å²) in [7, 11) is -3.73. The Bertz CT molecular complexity index is 1110. The maximum absolute atomic E-state index is 11.5. The molecule has 0 amide bonds. The number of nitrogens with zero attached hydrogens (tertiary/aromatic N) is 2. The lowest BCUT2D eigenvalue weighted by Crippen LogP contribution is -2.19. The highest BCUT2D eigenvalue weighted by Crippen LogP contribution is 2.37. The van der Waals surface area contributed by atoms with Gasteiger partial charge in [-0.2, -0.15) is 5.10 Å². The number of hydrogen-bond donors (Lipinski definition) is 1. The Hall–Kier alpha value is -2.67. The summed E-state index contributed by atoms with van der Waals surface area (Å²) in [5.74, 6) is 0. The Morgan fingerprint density at radius 1 is 0.929 bits per heavy atom. The molecule has 1 aliphatic rings. The minimum Gasteiger partial charge on any atom is -0.257 e. The van der Waals surface area contributed by atoms with Gasteiger partial charge < -0.3 is 0 Å². The summed E-state index contributed by atoms with van der Waals surface area (Å²) >= 11 is 6.01. The van der Waals surface area contributed by atoms with E-state index in [0.29, 0.717) is 5.02 Å². The molecule has 2 N–H and O–H groups in total. The second kappa shape index (κ2) is 7.39. The number of rotatable bonds is 4. The summed E-state index contributed by atoms with van der Waals surface area (Å²) < 4.78 is 23.1. The highest BCUT2D eigenvalue weighted by molar-refractivity contribution is 7.89. The van der Waals surface area contributed by atoms with Gasteiger partial charge in [-0.15, -0.1) is 0 Å². The number of hydrazone groups is 1. The van der Waals surface area contributed by atoms with Gasteiger partial charge in [-0.05, 0) is 47.5 Å². The largest absolute Gasteiger partial charge is 0.257 e. The van der Waals surface area contributed by atoms with E-state index in [-0.39, 0.29) is 10.9 Å². The Balaban J connectivity index is 1.74. The molecule has 5 nitrogen and oxygen atoms in total. The fraction of sp³-hybridized carbons (Fsp3) is 0.0952. The summed E-state index contributed by atoms with van der Waals surface area (Å²) in [6.07, 6.45) is 0.725. The number of sulfonamides is 1. The summed E-state index contributed by atoms with van der Waals surface area (Å²) in [4.78, 5) is 0.0774. The molecule has 0 aliphatic carbocycles. The van der Waals surface area contributed by atoms with Crippen LogP contribution in [0.3, 0.4) is 0 Å². The van der Waals surface area contributed by atoms with Gasteiger partial charge in [-0.1, -0.05) is 54.1 Å².